The summed E-state index contributed by atoms with van der Waals surface area (Å²) in [7, 11) is 0. The van der Waals surface area contributed by atoms with E-state index in [1.54, 1.807) is 0 Å². The Morgan fingerprint density at radius 1 is 1.26 bits per heavy atom. The summed E-state index contributed by atoms with van der Waals surface area (Å²) in [5, 5.41) is 5.90. The van der Waals surface area contributed by atoms with Crippen LogP contribution in [-0.4, -0.2) is 42.2 Å². The molecule has 3 heterocycles. The molecule has 1 aromatic rings. The van der Waals surface area contributed by atoms with Crippen molar-refractivity contribution in [1.82, 2.24) is 10.2 Å². The number of nitrogens with zero attached hydrogens (tertiary/aromatic N) is 1. The van der Waals surface area contributed by atoms with Crippen LogP contribution < -0.4 is 5.32 Å². The van der Waals surface area contributed by atoms with Crippen LogP contribution in [0.15, 0.2) is 11.4 Å². The lowest BCUT2D eigenvalue weighted by Crippen LogP contribution is -2.46. The lowest BCUT2D eigenvalue weighted by Gasteiger charge is -2.35. The van der Waals surface area contributed by atoms with Crippen LogP contribution in [-0.2, 0) is 11.2 Å². The molecule has 0 spiro atoms. The molecule has 3 aliphatic rings. The maximum absolute atomic E-state index is 12.9. The fourth-order valence-electron chi connectivity index (χ4n) is 3.48. The molecule has 3 nitrogen and oxygen atoms in total. The zero-order valence-corrected chi connectivity index (χ0v) is 15.8. The first-order valence-electron chi connectivity index (χ1n) is 8.51. The lowest BCUT2D eigenvalue weighted by molar-refractivity contribution is -0.131. The summed E-state index contributed by atoms with van der Waals surface area (Å²) in [6.45, 7) is 3.05. The van der Waals surface area contributed by atoms with Gasteiger partial charge in [-0.25, -0.2) is 0 Å². The Hall–Kier alpha value is -0.230. The molecule has 6 heteroatoms. The number of carbonyl (C=O) groups excluding carboxylic acids is 1. The molecule has 1 N–H and O–H groups in total. The largest absolute Gasteiger partial charge is 0.341 e. The second-order valence-corrected chi connectivity index (χ2v) is 8.96. The number of carbonyl (C=O) groups is 1. The number of hydrogen-bond acceptors (Lipinski definition) is 4. The Bertz CT molecular complexity index is 538. The Morgan fingerprint density at radius 3 is 2.78 bits per heavy atom. The number of rotatable bonds is 4. The third kappa shape index (κ3) is 4.06. The summed E-state index contributed by atoms with van der Waals surface area (Å²) in [5.41, 5.74) is 1.29. The molecular weight excluding hydrogens is 348 g/mol. The van der Waals surface area contributed by atoms with Gasteiger partial charge in [0.05, 0.1) is 0 Å². The van der Waals surface area contributed by atoms with Crippen LogP contribution >= 0.6 is 35.5 Å². The fourth-order valence-corrected chi connectivity index (χ4v) is 5.85. The number of thioether (sulfide) groups is 1. The number of fused-ring (bicyclic) bond motifs is 1. The van der Waals surface area contributed by atoms with Gasteiger partial charge in [-0.3, -0.25) is 4.79 Å². The van der Waals surface area contributed by atoms with Gasteiger partial charge in [0.2, 0.25) is 5.91 Å². The highest BCUT2D eigenvalue weighted by Gasteiger charge is 2.33. The highest BCUT2D eigenvalue weighted by Crippen LogP contribution is 2.40. The molecule has 1 amide bonds. The number of piperidine rings is 1. The number of nitrogens with one attached hydrogen (secondary N) is 1. The number of amides is 1. The molecule has 23 heavy (non-hydrogen) atoms. The maximum atomic E-state index is 12.9. The van der Waals surface area contributed by atoms with Crippen LogP contribution in [0.5, 0.6) is 0 Å². The first-order chi connectivity index (χ1) is 10.8. The minimum absolute atomic E-state index is 0. The Kier molecular flexibility index (Phi) is 5.94. The molecule has 2 fully saturated rings. The second kappa shape index (κ2) is 7.77. The lowest BCUT2D eigenvalue weighted by atomic mass is 10.0. The van der Waals surface area contributed by atoms with Gasteiger partial charge in [-0.2, -0.15) is 0 Å². The third-order valence-electron chi connectivity index (χ3n) is 5.10. The molecule has 1 unspecified atom stereocenters. The summed E-state index contributed by atoms with van der Waals surface area (Å²) < 4.78 is 0. The minimum Gasteiger partial charge on any atom is -0.341 e. The van der Waals surface area contributed by atoms with Crippen molar-refractivity contribution in [3.05, 3.63) is 21.9 Å². The number of thiophene rings is 1. The predicted octanol–water partition coefficient (Wildman–Crippen LogP) is 3.49. The number of hydrogen-bond donors (Lipinski definition) is 1. The van der Waals surface area contributed by atoms with E-state index in [9.17, 15) is 4.79 Å². The molecule has 128 valence electrons. The van der Waals surface area contributed by atoms with E-state index in [0.717, 1.165) is 44.0 Å². The van der Waals surface area contributed by atoms with Crippen LogP contribution in [0.4, 0.5) is 0 Å². The van der Waals surface area contributed by atoms with Crippen LogP contribution in [0.25, 0.3) is 0 Å². The van der Waals surface area contributed by atoms with Gasteiger partial charge in [0.15, 0.2) is 0 Å². The molecule has 0 radical (unpaired) electrons. The van der Waals surface area contributed by atoms with E-state index >= 15 is 0 Å². The molecular formula is C17H25ClN2OS2. The molecule has 2 aliphatic heterocycles. The first kappa shape index (κ1) is 17.6. The first-order valence-corrected chi connectivity index (χ1v) is 10.4. The predicted molar refractivity (Wildman–Crippen MR) is 101 cm³/mol. The van der Waals surface area contributed by atoms with Crippen LogP contribution in [0.1, 0.15) is 41.4 Å². The highest BCUT2D eigenvalue weighted by atomic mass is 35.5. The Labute approximate surface area is 153 Å². The standard InChI is InChI=1S/C17H24N2OS2.ClH/c20-17(16-14-5-9-21-15(14)6-10-22-16)19-7-3-13(4-8-19)18-11-12-1-2-12;/h5,9,12-13,16,18H,1-4,6-8,10-11H2;1H. The van der Waals surface area contributed by atoms with E-state index in [1.807, 2.05) is 23.1 Å². The normalized spacial score (nSPS) is 24.9. The molecule has 1 saturated carbocycles. The van der Waals surface area contributed by atoms with Gasteiger partial charge in [0.25, 0.3) is 0 Å². The zero-order chi connectivity index (χ0) is 14.9. The zero-order valence-electron chi connectivity index (χ0n) is 13.3. The number of aryl methyl sites for hydroxylation is 1. The van der Waals surface area contributed by atoms with Crippen LogP contribution in [0, 0.1) is 5.92 Å². The monoisotopic (exact) mass is 372 g/mol. The van der Waals surface area contributed by atoms with E-state index in [-0.39, 0.29) is 17.7 Å². The number of likely N-dealkylation sites (tertiary alicyclic amines) is 1. The quantitative estimate of drug-likeness (QED) is 0.878. The van der Waals surface area contributed by atoms with Gasteiger partial charge in [-0.05, 0) is 67.3 Å². The van der Waals surface area contributed by atoms with E-state index in [1.165, 1.54) is 29.8 Å². The van der Waals surface area contributed by atoms with Gasteiger partial charge >= 0.3 is 0 Å². The van der Waals surface area contributed by atoms with Crippen molar-refractivity contribution < 1.29 is 4.79 Å². The van der Waals surface area contributed by atoms with E-state index in [0.29, 0.717) is 11.9 Å². The smallest absolute Gasteiger partial charge is 0.240 e. The molecule has 1 saturated heterocycles. The van der Waals surface area contributed by atoms with Gasteiger partial charge in [-0.1, -0.05) is 0 Å². The van der Waals surface area contributed by atoms with Crippen LogP contribution in [0.3, 0.4) is 0 Å². The van der Waals surface area contributed by atoms with Crippen molar-refractivity contribution in [2.45, 2.75) is 43.4 Å². The summed E-state index contributed by atoms with van der Waals surface area (Å²) in [4.78, 5) is 16.4. The summed E-state index contributed by atoms with van der Waals surface area (Å²) in [6, 6.07) is 2.79. The summed E-state index contributed by atoms with van der Waals surface area (Å²) >= 11 is 3.65. The van der Waals surface area contributed by atoms with Crippen molar-refractivity contribution in [2.75, 3.05) is 25.4 Å². The SMILES string of the molecule is Cl.O=C(C1SCCc2sccc21)N1CCC(NCC2CC2)CC1. The number of halogens is 1. The van der Waals surface area contributed by atoms with Crippen molar-refractivity contribution in [3.8, 4) is 0 Å². The molecule has 0 aromatic carbocycles. The van der Waals surface area contributed by atoms with E-state index in [4.69, 9.17) is 0 Å². The van der Waals surface area contributed by atoms with Crippen molar-refractivity contribution in [1.29, 1.82) is 0 Å². The van der Waals surface area contributed by atoms with Crippen molar-refractivity contribution in [3.63, 3.8) is 0 Å². The molecule has 1 aliphatic carbocycles. The third-order valence-corrected chi connectivity index (χ3v) is 7.32. The summed E-state index contributed by atoms with van der Waals surface area (Å²) in [5.74, 6) is 2.38. The van der Waals surface area contributed by atoms with Gasteiger partial charge in [0.1, 0.15) is 5.25 Å². The van der Waals surface area contributed by atoms with Gasteiger partial charge in [-0.15, -0.1) is 35.5 Å². The van der Waals surface area contributed by atoms with Gasteiger partial charge in [0, 0.05) is 24.0 Å². The molecule has 4 rings (SSSR count). The average Bonchev–Trinajstić information content (AvgIpc) is 3.27. The van der Waals surface area contributed by atoms with Crippen molar-refractivity contribution in [2.24, 2.45) is 5.92 Å². The van der Waals surface area contributed by atoms with E-state index in [2.05, 4.69) is 21.7 Å². The summed E-state index contributed by atoms with van der Waals surface area (Å²) in [6.07, 6.45) is 6.19. The molecule has 0 bridgehead atoms. The van der Waals surface area contributed by atoms with Crippen molar-refractivity contribution >= 4 is 41.4 Å². The second-order valence-electron chi connectivity index (χ2n) is 6.75. The topological polar surface area (TPSA) is 32.3 Å². The minimum atomic E-state index is 0. The average molecular weight is 373 g/mol. The van der Waals surface area contributed by atoms with Crippen LogP contribution in [0.2, 0.25) is 0 Å². The Balaban J connectivity index is 0.00000156. The molecule has 1 atom stereocenters. The fraction of sp³-hybridized carbons (Fsp3) is 0.706. The Morgan fingerprint density at radius 2 is 2.04 bits per heavy atom. The van der Waals surface area contributed by atoms with E-state index < -0.39 is 0 Å². The van der Waals surface area contributed by atoms with Gasteiger partial charge < -0.3 is 10.2 Å². The molecule has 1 aromatic heterocycles. The maximum Gasteiger partial charge on any atom is 0.240 e. The highest BCUT2D eigenvalue weighted by molar-refractivity contribution is 8.00.